The molecule has 0 aliphatic carbocycles. The first kappa shape index (κ1) is 22.2. The first-order valence-corrected chi connectivity index (χ1v) is 12.0. The Balaban J connectivity index is 1.37. The Bertz CT molecular complexity index is 847. The molecule has 0 radical (unpaired) electrons. The van der Waals surface area contributed by atoms with Crippen LogP contribution >= 0.6 is 11.6 Å². The van der Waals surface area contributed by atoms with Gasteiger partial charge in [0.2, 0.25) is 0 Å². The molecule has 0 aromatic heterocycles. The molecule has 166 valence electrons. The molecular formula is C26H34ClN3O. The minimum absolute atomic E-state index is 0.0346. The third kappa shape index (κ3) is 5.24. The summed E-state index contributed by atoms with van der Waals surface area (Å²) in [5.41, 5.74) is 2.64. The van der Waals surface area contributed by atoms with E-state index in [1.807, 2.05) is 18.2 Å². The number of nitrogens with zero attached hydrogens (tertiary/aromatic N) is 3. The summed E-state index contributed by atoms with van der Waals surface area (Å²) in [4.78, 5) is 20.3. The second-order valence-electron chi connectivity index (χ2n) is 9.03. The molecule has 0 N–H and O–H groups in total. The van der Waals surface area contributed by atoms with E-state index in [0.29, 0.717) is 0 Å². The van der Waals surface area contributed by atoms with Gasteiger partial charge in [-0.05, 0) is 55.4 Å². The number of hydrogen-bond acceptors (Lipinski definition) is 2. The first-order chi connectivity index (χ1) is 15.1. The van der Waals surface area contributed by atoms with Gasteiger partial charge in [0, 0.05) is 49.8 Å². The van der Waals surface area contributed by atoms with E-state index in [1.165, 1.54) is 11.1 Å². The lowest BCUT2D eigenvalue weighted by molar-refractivity contribution is -0.00387. The summed E-state index contributed by atoms with van der Waals surface area (Å²) in [7, 11) is 0. The van der Waals surface area contributed by atoms with E-state index in [2.05, 4.69) is 58.0 Å². The zero-order valence-electron chi connectivity index (χ0n) is 18.6. The lowest BCUT2D eigenvalue weighted by Crippen LogP contribution is -2.65. The van der Waals surface area contributed by atoms with E-state index in [-0.39, 0.29) is 11.6 Å². The Hall–Kier alpha value is -2.04. The highest BCUT2D eigenvalue weighted by atomic mass is 35.5. The Morgan fingerprint density at radius 1 is 0.871 bits per heavy atom. The average molecular weight is 440 g/mol. The first-order valence-electron chi connectivity index (χ1n) is 11.7. The molecule has 1 spiro atoms. The molecule has 2 aromatic rings. The minimum atomic E-state index is 0.0346. The van der Waals surface area contributed by atoms with Crippen LogP contribution in [-0.4, -0.2) is 59.0 Å². The number of urea groups is 1. The fourth-order valence-corrected chi connectivity index (χ4v) is 5.24. The van der Waals surface area contributed by atoms with Crippen LogP contribution in [0.2, 0.25) is 5.02 Å². The van der Waals surface area contributed by atoms with Crippen molar-refractivity contribution in [2.75, 3.05) is 32.7 Å². The van der Waals surface area contributed by atoms with Crippen LogP contribution in [0.1, 0.15) is 43.7 Å². The zero-order valence-corrected chi connectivity index (χ0v) is 19.4. The maximum absolute atomic E-state index is 13.4. The van der Waals surface area contributed by atoms with Gasteiger partial charge < -0.3 is 9.80 Å². The van der Waals surface area contributed by atoms with E-state index < -0.39 is 0 Å². The number of hydrogen-bond donors (Lipinski definition) is 0. The van der Waals surface area contributed by atoms with E-state index in [9.17, 15) is 4.79 Å². The third-order valence-electron chi connectivity index (χ3n) is 6.99. The number of rotatable bonds is 7. The molecule has 2 amide bonds. The third-order valence-corrected chi connectivity index (χ3v) is 7.24. The molecule has 4 rings (SSSR count). The number of likely N-dealkylation sites (tertiary alicyclic amines) is 1. The van der Waals surface area contributed by atoms with Gasteiger partial charge in [-0.1, -0.05) is 61.0 Å². The molecule has 4 nitrogen and oxygen atoms in total. The molecule has 0 unspecified atom stereocenters. The van der Waals surface area contributed by atoms with Gasteiger partial charge in [-0.15, -0.1) is 0 Å². The van der Waals surface area contributed by atoms with Crippen molar-refractivity contribution < 1.29 is 4.79 Å². The predicted octanol–water partition coefficient (Wildman–Crippen LogP) is 5.46. The summed E-state index contributed by atoms with van der Waals surface area (Å²) in [6, 6.07) is 18.9. The van der Waals surface area contributed by atoms with Gasteiger partial charge in [-0.3, -0.25) is 4.90 Å². The SMILES string of the molecule is CCCN1C(=O)N(CCc2ccccc2)CCC12CCN(Cc1ccc(Cl)cc1)CC2. The van der Waals surface area contributed by atoms with Crippen LogP contribution in [0.15, 0.2) is 54.6 Å². The van der Waals surface area contributed by atoms with Crippen molar-refractivity contribution in [3.63, 3.8) is 0 Å². The fraction of sp³-hybridized carbons (Fsp3) is 0.500. The molecule has 2 aliphatic rings. The predicted molar refractivity (Wildman–Crippen MR) is 127 cm³/mol. The van der Waals surface area contributed by atoms with Crippen molar-refractivity contribution in [1.82, 2.24) is 14.7 Å². The molecular weight excluding hydrogens is 406 g/mol. The van der Waals surface area contributed by atoms with Crippen molar-refractivity contribution in [3.8, 4) is 0 Å². The van der Waals surface area contributed by atoms with Crippen molar-refractivity contribution in [1.29, 1.82) is 0 Å². The van der Waals surface area contributed by atoms with Crippen LogP contribution in [0.4, 0.5) is 4.79 Å². The number of piperidine rings is 1. The maximum Gasteiger partial charge on any atom is 0.320 e. The molecule has 2 aromatic carbocycles. The van der Waals surface area contributed by atoms with Crippen molar-refractivity contribution in [3.05, 3.63) is 70.7 Å². The van der Waals surface area contributed by atoms with Crippen molar-refractivity contribution in [2.24, 2.45) is 0 Å². The summed E-state index contributed by atoms with van der Waals surface area (Å²) < 4.78 is 0. The van der Waals surface area contributed by atoms with E-state index in [0.717, 1.165) is 76.4 Å². The van der Waals surface area contributed by atoms with Gasteiger partial charge in [0.1, 0.15) is 0 Å². The standard InChI is InChI=1S/C26H34ClN3O/c1-2-16-30-25(31)29(17-12-22-6-4-3-5-7-22)20-15-26(30)13-18-28(19-14-26)21-23-8-10-24(27)11-9-23/h3-11H,2,12-21H2,1H3. The molecule has 0 bridgehead atoms. The van der Waals surface area contributed by atoms with Gasteiger partial charge in [-0.2, -0.15) is 0 Å². The molecule has 0 atom stereocenters. The molecule has 0 saturated carbocycles. The van der Waals surface area contributed by atoms with Gasteiger partial charge in [0.15, 0.2) is 0 Å². The molecule has 2 heterocycles. The topological polar surface area (TPSA) is 26.8 Å². The normalized spacial score (nSPS) is 19.2. The number of carbonyl (C=O) groups excluding carboxylic acids is 1. The summed E-state index contributed by atoms with van der Waals surface area (Å²) in [5, 5.41) is 0.786. The van der Waals surface area contributed by atoms with Crippen LogP contribution in [0.25, 0.3) is 0 Å². The van der Waals surface area contributed by atoms with Gasteiger partial charge >= 0.3 is 6.03 Å². The Labute approximate surface area is 191 Å². The number of amides is 2. The maximum atomic E-state index is 13.4. The number of carbonyl (C=O) groups is 1. The molecule has 2 fully saturated rings. The lowest BCUT2D eigenvalue weighted by Gasteiger charge is -2.54. The smallest absolute Gasteiger partial charge is 0.320 e. The second-order valence-corrected chi connectivity index (χ2v) is 9.47. The van der Waals surface area contributed by atoms with Crippen molar-refractivity contribution >= 4 is 17.6 Å². The monoisotopic (exact) mass is 439 g/mol. The Morgan fingerprint density at radius 2 is 1.55 bits per heavy atom. The quantitative estimate of drug-likeness (QED) is 0.573. The van der Waals surface area contributed by atoms with Crippen LogP contribution in [0.3, 0.4) is 0 Å². The largest absolute Gasteiger partial charge is 0.324 e. The molecule has 5 heteroatoms. The summed E-state index contributed by atoms with van der Waals surface area (Å²) in [5.74, 6) is 0. The van der Waals surface area contributed by atoms with E-state index in [4.69, 9.17) is 11.6 Å². The average Bonchev–Trinajstić information content (AvgIpc) is 2.80. The van der Waals surface area contributed by atoms with Crippen LogP contribution < -0.4 is 0 Å². The minimum Gasteiger partial charge on any atom is -0.324 e. The fourth-order valence-electron chi connectivity index (χ4n) is 5.12. The summed E-state index contributed by atoms with van der Waals surface area (Å²) in [6.45, 7) is 7.76. The second kappa shape index (κ2) is 10.1. The van der Waals surface area contributed by atoms with Gasteiger partial charge in [0.25, 0.3) is 0 Å². The zero-order chi connectivity index (χ0) is 21.7. The van der Waals surface area contributed by atoms with Gasteiger partial charge in [0.05, 0.1) is 0 Å². The van der Waals surface area contributed by atoms with Crippen LogP contribution in [0, 0.1) is 0 Å². The van der Waals surface area contributed by atoms with Crippen molar-refractivity contribution in [2.45, 2.75) is 51.1 Å². The number of benzene rings is 2. The number of halogens is 1. The van der Waals surface area contributed by atoms with Crippen LogP contribution in [0.5, 0.6) is 0 Å². The van der Waals surface area contributed by atoms with E-state index in [1.54, 1.807) is 0 Å². The highest BCUT2D eigenvalue weighted by Gasteiger charge is 2.46. The highest BCUT2D eigenvalue weighted by molar-refractivity contribution is 6.30. The highest BCUT2D eigenvalue weighted by Crippen LogP contribution is 2.37. The van der Waals surface area contributed by atoms with E-state index >= 15 is 0 Å². The molecule has 2 saturated heterocycles. The molecule has 2 aliphatic heterocycles. The molecule has 31 heavy (non-hydrogen) atoms. The van der Waals surface area contributed by atoms with Crippen LogP contribution in [-0.2, 0) is 13.0 Å². The Kier molecular flexibility index (Phi) is 7.19. The summed E-state index contributed by atoms with van der Waals surface area (Å²) in [6.07, 6.45) is 5.16. The Morgan fingerprint density at radius 3 is 2.23 bits per heavy atom. The summed E-state index contributed by atoms with van der Waals surface area (Å²) >= 11 is 6.03. The van der Waals surface area contributed by atoms with Gasteiger partial charge in [-0.25, -0.2) is 4.79 Å². The lowest BCUT2D eigenvalue weighted by atomic mass is 9.80.